The van der Waals surface area contributed by atoms with Gasteiger partial charge in [-0.15, -0.1) is 5.10 Å². The fourth-order valence-corrected chi connectivity index (χ4v) is 3.11. The van der Waals surface area contributed by atoms with E-state index < -0.39 is 46.8 Å². The standard InChI is InChI=1S/C25H20F5N5O2/c1-3-19(26)8-6-17(2)37-12-4-5-18-7-11-23(31-14-18)25(29,30)24(36,15-35-16-32-33-34-35)21-10-9-20(27)13-22(21)28/h3,6-11,13-14,16,36H,2,12,15H2,1H3/b8-6-,19-3+. The summed E-state index contributed by atoms with van der Waals surface area (Å²) < 4.78 is 78.4. The molecule has 1 atom stereocenters. The summed E-state index contributed by atoms with van der Waals surface area (Å²) in [5.74, 6) is -1.61. The average Bonchev–Trinajstić information content (AvgIpc) is 3.38. The highest BCUT2D eigenvalue weighted by Crippen LogP contribution is 2.46. The number of allylic oxidation sites excluding steroid dienone is 4. The number of aliphatic hydroxyl groups is 1. The smallest absolute Gasteiger partial charge is 0.323 e. The van der Waals surface area contributed by atoms with Crippen LogP contribution in [0.15, 0.2) is 79.2 Å². The Bertz CT molecular complexity index is 1360. The number of hydrogen-bond acceptors (Lipinski definition) is 6. The molecule has 192 valence electrons. The van der Waals surface area contributed by atoms with E-state index in [2.05, 4.69) is 38.9 Å². The monoisotopic (exact) mass is 517 g/mol. The van der Waals surface area contributed by atoms with E-state index in [-0.39, 0.29) is 17.9 Å². The maximum atomic E-state index is 15.7. The van der Waals surface area contributed by atoms with Crippen molar-refractivity contribution in [2.24, 2.45) is 0 Å². The highest BCUT2D eigenvalue weighted by atomic mass is 19.3. The zero-order valence-electron chi connectivity index (χ0n) is 19.4. The van der Waals surface area contributed by atoms with Gasteiger partial charge in [-0.1, -0.05) is 24.5 Å². The number of aromatic nitrogens is 5. The minimum Gasteiger partial charge on any atom is -0.482 e. The molecule has 3 rings (SSSR count). The van der Waals surface area contributed by atoms with Crippen LogP contribution in [0.25, 0.3) is 0 Å². The average molecular weight is 517 g/mol. The first-order chi connectivity index (χ1) is 17.6. The lowest BCUT2D eigenvalue weighted by atomic mass is 9.84. The summed E-state index contributed by atoms with van der Waals surface area (Å²) in [4.78, 5) is 3.70. The third-order valence-electron chi connectivity index (χ3n) is 5.03. The van der Waals surface area contributed by atoms with Crippen molar-refractivity contribution < 1.29 is 31.8 Å². The van der Waals surface area contributed by atoms with Gasteiger partial charge in [-0.25, -0.2) is 17.9 Å². The van der Waals surface area contributed by atoms with Crippen molar-refractivity contribution in [3.8, 4) is 11.8 Å². The van der Waals surface area contributed by atoms with Crippen LogP contribution < -0.4 is 0 Å². The molecule has 1 aromatic carbocycles. The molecule has 37 heavy (non-hydrogen) atoms. The van der Waals surface area contributed by atoms with E-state index in [4.69, 9.17) is 4.74 Å². The Hall–Kier alpha value is -4.37. The number of pyridine rings is 1. The molecule has 0 spiro atoms. The molecule has 0 radical (unpaired) electrons. The van der Waals surface area contributed by atoms with Gasteiger partial charge in [0.15, 0.2) is 5.60 Å². The first-order valence-electron chi connectivity index (χ1n) is 10.6. The van der Waals surface area contributed by atoms with E-state index in [0.717, 1.165) is 41.5 Å². The van der Waals surface area contributed by atoms with Crippen LogP contribution in [0.3, 0.4) is 0 Å². The van der Waals surface area contributed by atoms with Crippen molar-refractivity contribution >= 4 is 0 Å². The van der Waals surface area contributed by atoms with Gasteiger partial charge >= 0.3 is 5.92 Å². The summed E-state index contributed by atoms with van der Waals surface area (Å²) in [6.07, 6.45) is 5.72. The molecule has 2 aromatic heterocycles. The summed E-state index contributed by atoms with van der Waals surface area (Å²) in [5, 5.41) is 21.2. The maximum absolute atomic E-state index is 15.7. The fourth-order valence-electron chi connectivity index (χ4n) is 3.11. The molecular weight excluding hydrogens is 497 g/mol. The number of alkyl halides is 2. The number of tetrazole rings is 1. The number of rotatable bonds is 9. The Morgan fingerprint density at radius 3 is 2.62 bits per heavy atom. The summed E-state index contributed by atoms with van der Waals surface area (Å²) in [7, 11) is 0. The lowest BCUT2D eigenvalue weighted by Crippen LogP contribution is -2.48. The Morgan fingerprint density at radius 2 is 2.00 bits per heavy atom. The molecule has 3 aromatic rings. The third-order valence-corrected chi connectivity index (χ3v) is 5.03. The largest absolute Gasteiger partial charge is 0.482 e. The van der Waals surface area contributed by atoms with Crippen LogP contribution in [-0.2, 0) is 22.8 Å². The second kappa shape index (κ2) is 11.6. The minimum absolute atomic E-state index is 0.117. The van der Waals surface area contributed by atoms with E-state index >= 15 is 8.78 Å². The molecule has 0 saturated carbocycles. The van der Waals surface area contributed by atoms with E-state index in [1.807, 2.05) is 0 Å². The van der Waals surface area contributed by atoms with Gasteiger partial charge in [0.1, 0.15) is 41.8 Å². The van der Waals surface area contributed by atoms with Gasteiger partial charge in [0.25, 0.3) is 0 Å². The Morgan fingerprint density at radius 1 is 1.22 bits per heavy atom. The van der Waals surface area contributed by atoms with Gasteiger partial charge in [0.2, 0.25) is 0 Å². The van der Waals surface area contributed by atoms with Gasteiger partial charge in [-0.05, 0) is 53.8 Å². The van der Waals surface area contributed by atoms with Gasteiger partial charge in [0.05, 0.1) is 6.54 Å². The molecular formula is C25H20F5N5O2. The second-order valence-electron chi connectivity index (χ2n) is 7.56. The summed E-state index contributed by atoms with van der Waals surface area (Å²) >= 11 is 0. The zero-order valence-corrected chi connectivity index (χ0v) is 19.4. The molecule has 12 heteroatoms. The van der Waals surface area contributed by atoms with Crippen molar-refractivity contribution in [1.29, 1.82) is 0 Å². The van der Waals surface area contributed by atoms with Crippen molar-refractivity contribution in [2.45, 2.75) is 25.0 Å². The predicted molar refractivity (Wildman–Crippen MR) is 122 cm³/mol. The summed E-state index contributed by atoms with van der Waals surface area (Å²) in [6, 6.07) is 3.98. The van der Waals surface area contributed by atoms with E-state index in [1.165, 1.54) is 25.1 Å². The Labute approximate surface area is 208 Å². The van der Waals surface area contributed by atoms with Crippen LogP contribution in [0.5, 0.6) is 0 Å². The molecule has 2 heterocycles. The second-order valence-corrected chi connectivity index (χ2v) is 7.56. The van der Waals surface area contributed by atoms with Crippen molar-refractivity contribution in [2.75, 3.05) is 6.61 Å². The van der Waals surface area contributed by atoms with Crippen LogP contribution in [0.2, 0.25) is 0 Å². The first-order valence-corrected chi connectivity index (χ1v) is 10.6. The van der Waals surface area contributed by atoms with Crippen molar-refractivity contribution in [1.82, 2.24) is 25.2 Å². The minimum atomic E-state index is -4.18. The van der Waals surface area contributed by atoms with Gasteiger partial charge in [-0.2, -0.15) is 8.78 Å². The molecule has 7 nitrogen and oxygen atoms in total. The van der Waals surface area contributed by atoms with Crippen molar-refractivity contribution in [3.63, 3.8) is 0 Å². The Balaban J connectivity index is 1.82. The highest BCUT2D eigenvalue weighted by Gasteiger charge is 2.57. The lowest BCUT2D eigenvalue weighted by Gasteiger charge is -2.35. The zero-order chi connectivity index (χ0) is 27.1. The first kappa shape index (κ1) is 27.2. The Kier molecular flexibility index (Phi) is 8.52. The normalized spacial score (nSPS) is 13.6. The fraction of sp³-hybridized carbons (Fsp3) is 0.200. The third kappa shape index (κ3) is 6.45. The SMILES string of the molecule is C=C(/C=C\C(F)=C/C)OCC#Cc1ccc(C(F)(F)C(O)(Cn2cnnn2)c2ccc(F)cc2F)nc1. The molecule has 0 aliphatic heterocycles. The van der Waals surface area contributed by atoms with Crippen LogP contribution in [0.4, 0.5) is 22.0 Å². The predicted octanol–water partition coefficient (Wildman–Crippen LogP) is 4.34. The van der Waals surface area contributed by atoms with Gasteiger partial charge < -0.3 is 9.84 Å². The topological polar surface area (TPSA) is 86.0 Å². The molecule has 1 unspecified atom stereocenters. The summed E-state index contributed by atoms with van der Waals surface area (Å²) in [6.45, 7) is 4.02. The summed E-state index contributed by atoms with van der Waals surface area (Å²) in [5.41, 5.74) is -4.78. The van der Waals surface area contributed by atoms with Crippen molar-refractivity contribution in [3.05, 3.63) is 108 Å². The molecule has 0 saturated heterocycles. The number of halogens is 5. The number of benzene rings is 1. The molecule has 0 aliphatic carbocycles. The number of nitrogens with zero attached hydrogens (tertiary/aromatic N) is 5. The van der Waals surface area contributed by atoms with E-state index in [0.29, 0.717) is 6.07 Å². The van der Waals surface area contributed by atoms with Gasteiger partial charge in [-0.3, -0.25) is 4.98 Å². The molecule has 0 amide bonds. The van der Waals surface area contributed by atoms with E-state index in [9.17, 15) is 18.3 Å². The lowest BCUT2D eigenvalue weighted by molar-refractivity contribution is -0.207. The molecule has 0 aliphatic rings. The molecule has 0 fully saturated rings. The van der Waals surface area contributed by atoms with Crippen LogP contribution in [-0.4, -0.2) is 36.9 Å². The molecule has 0 bridgehead atoms. The quantitative estimate of drug-likeness (QED) is 0.197. The van der Waals surface area contributed by atoms with Crippen LogP contribution >= 0.6 is 0 Å². The number of ether oxygens (including phenoxy) is 1. The number of hydrogen-bond donors (Lipinski definition) is 1. The molecule has 1 N–H and O–H groups in total. The maximum Gasteiger partial charge on any atom is 0.323 e. The van der Waals surface area contributed by atoms with Crippen LogP contribution in [0.1, 0.15) is 23.7 Å². The van der Waals surface area contributed by atoms with Crippen LogP contribution in [0, 0.1) is 23.5 Å². The van der Waals surface area contributed by atoms with Gasteiger partial charge in [0, 0.05) is 23.4 Å². The highest BCUT2D eigenvalue weighted by molar-refractivity contribution is 5.36. The van der Waals surface area contributed by atoms with E-state index in [1.54, 1.807) is 0 Å².